The molecule has 1 saturated carbocycles. The predicted octanol–water partition coefficient (Wildman–Crippen LogP) is 2.91. The quantitative estimate of drug-likeness (QED) is 0.652. The Morgan fingerprint density at radius 2 is 2.00 bits per heavy atom. The van der Waals surface area contributed by atoms with Gasteiger partial charge in [-0.05, 0) is 24.8 Å². The van der Waals surface area contributed by atoms with Crippen LogP contribution in [0.1, 0.15) is 28.9 Å². The highest BCUT2D eigenvalue weighted by atomic mass is 19.2. The molecule has 140 valence electrons. The molecule has 6 nitrogen and oxygen atoms in total. The van der Waals surface area contributed by atoms with Gasteiger partial charge in [0.2, 0.25) is 5.82 Å². The van der Waals surface area contributed by atoms with Crippen molar-refractivity contribution in [3.63, 3.8) is 0 Å². The van der Waals surface area contributed by atoms with E-state index >= 15 is 0 Å². The van der Waals surface area contributed by atoms with Crippen LogP contribution in [0.25, 0.3) is 11.3 Å². The van der Waals surface area contributed by atoms with Crippen LogP contribution in [0.2, 0.25) is 0 Å². The fourth-order valence-corrected chi connectivity index (χ4v) is 3.22. The first-order valence-electron chi connectivity index (χ1n) is 8.01. The Balaban J connectivity index is 1.68. The first-order valence-corrected chi connectivity index (χ1v) is 8.01. The molecule has 0 radical (unpaired) electrons. The molecule has 1 N–H and O–H groups in total. The van der Waals surface area contributed by atoms with Crippen LogP contribution in [0.15, 0.2) is 10.6 Å². The zero-order valence-corrected chi connectivity index (χ0v) is 13.6. The van der Waals surface area contributed by atoms with Gasteiger partial charge in [0.1, 0.15) is 17.3 Å². The van der Waals surface area contributed by atoms with Gasteiger partial charge in [0.05, 0.1) is 18.7 Å². The van der Waals surface area contributed by atoms with Gasteiger partial charge in [0, 0.05) is 0 Å². The average molecular weight is 381 g/mol. The van der Waals surface area contributed by atoms with Crippen molar-refractivity contribution in [1.82, 2.24) is 10.1 Å². The number of carbonyl (C=O) groups is 1. The highest BCUT2D eigenvalue weighted by Gasteiger charge is 2.55. The van der Waals surface area contributed by atoms with Gasteiger partial charge < -0.3 is 14.5 Å². The van der Waals surface area contributed by atoms with Crippen molar-refractivity contribution in [3.05, 3.63) is 34.8 Å². The molecule has 10 heteroatoms. The van der Waals surface area contributed by atoms with Crippen molar-refractivity contribution in [2.75, 3.05) is 13.1 Å². The summed E-state index contributed by atoms with van der Waals surface area (Å²) in [7, 11) is 0. The van der Waals surface area contributed by atoms with Crippen LogP contribution in [0.3, 0.4) is 0 Å². The van der Waals surface area contributed by atoms with Gasteiger partial charge in [-0.25, -0.2) is 13.2 Å². The van der Waals surface area contributed by atoms with Crippen molar-refractivity contribution in [3.8, 4) is 23.1 Å². The van der Waals surface area contributed by atoms with E-state index in [0.717, 1.165) is 17.7 Å². The van der Waals surface area contributed by atoms with Crippen LogP contribution in [-0.2, 0) is 0 Å². The van der Waals surface area contributed by atoms with E-state index in [1.807, 2.05) is 0 Å². The summed E-state index contributed by atoms with van der Waals surface area (Å²) >= 11 is 0. The third-order valence-corrected chi connectivity index (χ3v) is 4.89. The van der Waals surface area contributed by atoms with Crippen LogP contribution in [-0.4, -0.2) is 39.8 Å². The fraction of sp³-hybridized carbons (Fsp3) is 0.353. The van der Waals surface area contributed by atoms with E-state index in [1.54, 1.807) is 6.07 Å². The number of rotatable bonds is 3. The zero-order chi connectivity index (χ0) is 19.5. The Bertz CT molecular complexity index is 1000. The molecule has 1 aromatic heterocycles. The molecular weight excluding hydrogens is 370 g/mol. The molecule has 1 aromatic carbocycles. The Kier molecular flexibility index (Phi) is 3.66. The number of nitrogens with zero attached hydrogens (tertiary/aromatic N) is 3. The van der Waals surface area contributed by atoms with Gasteiger partial charge in [0.25, 0.3) is 5.91 Å². The lowest BCUT2D eigenvalue weighted by Crippen LogP contribution is -2.62. The van der Waals surface area contributed by atoms with Crippen LogP contribution < -0.4 is 0 Å². The number of carbonyl (C=O) groups excluding carboxylic acids is 1. The van der Waals surface area contributed by atoms with Crippen LogP contribution >= 0.6 is 0 Å². The second kappa shape index (κ2) is 5.70. The summed E-state index contributed by atoms with van der Waals surface area (Å²) in [6, 6.07) is 1.98. The normalized spacial score (nSPS) is 18.1. The van der Waals surface area contributed by atoms with E-state index in [9.17, 15) is 32.7 Å². The molecule has 2 aliphatic rings. The molecule has 2 fully saturated rings. The van der Waals surface area contributed by atoms with E-state index < -0.39 is 57.4 Å². The zero-order valence-electron chi connectivity index (χ0n) is 13.6. The second-order valence-corrected chi connectivity index (χ2v) is 6.70. The van der Waals surface area contributed by atoms with E-state index in [1.165, 1.54) is 0 Å². The predicted molar refractivity (Wildman–Crippen MR) is 80.7 cm³/mol. The maximum atomic E-state index is 14.4. The molecule has 0 unspecified atom stereocenters. The van der Waals surface area contributed by atoms with Gasteiger partial charge >= 0.3 is 0 Å². The molecule has 0 spiro atoms. The Morgan fingerprint density at radius 1 is 1.33 bits per heavy atom. The smallest absolute Gasteiger partial charge is 0.277 e. The fourth-order valence-electron chi connectivity index (χ4n) is 3.22. The average Bonchev–Trinajstić information content (AvgIpc) is 3.39. The number of halogens is 4. The van der Waals surface area contributed by atoms with Gasteiger partial charge in [-0.3, -0.25) is 4.79 Å². The summed E-state index contributed by atoms with van der Waals surface area (Å²) in [5.41, 5.74) is -3.23. The Labute approximate surface area is 149 Å². The number of phenols is 1. The standard InChI is InChI=1S/C17H11F4N3O3/c18-10-3-8(11(19)14(25)12(10)20)15-9(4-22)13(23-27-15)16(26)24-5-17(21,6-24)7-1-2-7/h3,7,25H,1-2,5-6H2. The summed E-state index contributed by atoms with van der Waals surface area (Å²) in [5.74, 6) is -8.04. The minimum Gasteiger partial charge on any atom is -0.503 e. The number of likely N-dealkylation sites (tertiary alicyclic amines) is 1. The molecule has 2 aromatic rings. The molecule has 2 heterocycles. The Morgan fingerprint density at radius 3 is 2.59 bits per heavy atom. The Hall–Kier alpha value is -3.09. The molecule has 27 heavy (non-hydrogen) atoms. The summed E-state index contributed by atoms with van der Waals surface area (Å²) in [6.45, 7) is -0.298. The molecule has 1 amide bonds. The van der Waals surface area contributed by atoms with Gasteiger partial charge in [-0.2, -0.15) is 9.65 Å². The van der Waals surface area contributed by atoms with E-state index in [-0.39, 0.29) is 19.0 Å². The summed E-state index contributed by atoms with van der Waals surface area (Å²) in [5, 5.41) is 22.0. The molecular formula is C17H11F4N3O3. The van der Waals surface area contributed by atoms with Crippen molar-refractivity contribution in [1.29, 1.82) is 5.26 Å². The number of phenolic OH excluding ortho intramolecular Hbond substituents is 1. The molecule has 0 atom stereocenters. The first-order chi connectivity index (χ1) is 12.8. The van der Waals surface area contributed by atoms with Crippen LogP contribution in [0.4, 0.5) is 17.6 Å². The lowest BCUT2D eigenvalue weighted by Gasteiger charge is -2.44. The molecule has 4 rings (SSSR count). The highest BCUT2D eigenvalue weighted by molar-refractivity contribution is 5.97. The number of aromatic hydroxyl groups is 1. The number of amides is 1. The van der Waals surface area contributed by atoms with E-state index in [4.69, 9.17) is 4.52 Å². The van der Waals surface area contributed by atoms with E-state index in [2.05, 4.69) is 5.16 Å². The lowest BCUT2D eigenvalue weighted by molar-refractivity contribution is -0.0341. The van der Waals surface area contributed by atoms with Crippen molar-refractivity contribution >= 4 is 5.91 Å². The summed E-state index contributed by atoms with van der Waals surface area (Å²) in [6.07, 6.45) is 1.52. The maximum Gasteiger partial charge on any atom is 0.277 e. The van der Waals surface area contributed by atoms with Crippen LogP contribution in [0, 0.1) is 34.7 Å². The van der Waals surface area contributed by atoms with Gasteiger partial charge in [-0.15, -0.1) is 0 Å². The third kappa shape index (κ3) is 2.53. The number of alkyl halides is 1. The topological polar surface area (TPSA) is 90.4 Å². The second-order valence-electron chi connectivity index (χ2n) is 6.70. The van der Waals surface area contributed by atoms with Crippen molar-refractivity contribution in [2.24, 2.45) is 5.92 Å². The van der Waals surface area contributed by atoms with Crippen LogP contribution in [0.5, 0.6) is 5.75 Å². The maximum absolute atomic E-state index is 14.4. The summed E-state index contributed by atoms with van der Waals surface area (Å²) < 4.78 is 60.0. The summed E-state index contributed by atoms with van der Waals surface area (Å²) in [4.78, 5) is 13.6. The minimum atomic E-state index is -1.80. The number of hydrogen-bond acceptors (Lipinski definition) is 5. The van der Waals surface area contributed by atoms with Gasteiger partial charge in [0.15, 0.2) is 28.8 Å². The monoisotopic (exact) mass is 381 g/mol. The largest absolute Gasteiger partial charge is 0.503 e. The van der Waals surface area contributed by atoms with Crippen molar-refractivity contribution in [2.45, 2.75) is 18.5 Å². The number of hydrogen-bond donors (Lipinski definition) is 1. The minimum absolute atomic E-state index is 0.0795. The number of benzene rings is 1. The SMILES string of the molecule is N#Cc1c(C(=O)N2CC(F)(C3CC3)C2)noc1-c1cc(F)c(F)c(O)c1F. The van der Waals surface area contributed by atoms with E-state index in [0.29, 0.717) is 6.07 Å². The molecule has 1 aliphatic carbocycles. The van der Waals surface area contributed by atoms with Gasteiger partial charge in [-0.1, -0.05) is 5.16 Å². The first kappa shape index (κ1) is 17.3. The highest BCUT2D eigenvalue weighted by Crippen LogP contribution is 2.47. The lowest BCUT2D eigenvalue weighted by atomic mass is 9.90. The third-order valence-electron chi connectivity index (χ3n) is 4.89. The molecule has 1 saturated heterocycles. The van der Waals surface area contributed by atoms with Crippen molar-refractivity contribution < 1.29 is 32.0 Å². The number of aromatic nitrogens is 1. The molecule has 1 aliphatic heterocycles. The molecule has 0 bridgehead atoms. The number of nitriles is 1.